The Kier molecular flexibility index (Phi) is 6.58. The van der Waals surface area contributed by atoms with Crippen molar-refractivity contribution in [2.24, 2.45) is 0 Å². The lowest BCUT2D eigenvalue weighted by Gasteiger charge is -2.08. The van der Waals surface area contributed by atoms with E-state index in [-0.39, 0.29) is 17.6 Å². The average molecular weight is 462 g/mol. The minimum Gasteiger partial charge on any atom is -0.325 e. The van der Waals surface area contributed by atoms with Crippen molar-refractivity contribution in [3.8, 4) is 0 Å². The van der Waals surface area contributed by atoms with Crippen molar-refractivity contribution in [1.29, 1.82) is 0 Å². The van der Waals surface area contributed by atoms with E-state index in [4.69, 9.17) is 0 Å². The van der Waals surface area contributed by atoms with Crippen molar-refractivity contribution >= 4 is 56.5 Å². The zero-order valence-electron chi connectivity index (χ0n) is 18.1. The molecule has 3 aromatic carbocycles. The summed E-state index contributed by atoms with van der Waals surface area (Å²) in [6, 6.07) is 19.1. The highest BCUT2D eigenvalue weighted by atomic mass is 32.2. The number of thiazole rings is 1. The number of rotatable bonds is 6. The summed E-state index contributed by atoms with van der Waals surface area (Å²) in [6.45, 7) is 5.97. The normalized spacial score (nSPS) is 10.8. The second-order valence-electron chi connectivity index (χ2n) is 7.64. The van der Waals surface area contributed by atoms with Gasteiger partial charge >= 0.3 is 0 Å². The number of benzene rings is 3. The van der Waals surface area contributed by atoms with E-state index in [2.05, 4.69) is 15.6 Å². The molecule has 0 bridgehead atoms. The van der Waals surface area contributed by atoms with Crippen LogP contribution in [0.5, 0.6) is 0 Å². The van der Waals surface area contributed by atoms with Crippen molar-refractivity contribution in [1.82, 2.24) is 4.98 Å². The lowest BCUT2D eigenvalue weighted by molar-refractivity contribution is -0.113. The first-order valence-electron chi connectivity index (χ1n) is 10.2. The van der Waals surface area contributed by atoms with E-state index in [1.807, 2.05) is 81.4 Å². The van der Waals surface area contributed by atoms with Gasteiger partial charge < -0.3 is 10.6 Å². The molecular formula is C25H23N3O2S2. The van der Waals surface area contributed by atoms with Crippen LogP contribution in [-0.4, -0.2) is 22.6 Å². The van der Waals surface area contributed by atoms with Gasteiger partial charge in [0.2, 0.25) is 5.91 Å². The van der Waals surface area contributed by atoms with Crippen molar-refractivity contribution in [2.75, 3.05) is 16.4 Å². The van der Waals surface area contributed by atoms with E-state index in [1.54, 1.807) is 0 Å². The number of aromatic nitrogens is 1. The molecule has 2 amide bonds. The first-order chi connectivity index (χ1) is 15.4. The molecule has 0 aliphatic carbocycles. The largest absolute Gasteiger partial charge is 0.325 e. The Morgan fingerprint density at radius 3 is 2.44 bits per heavy atom. The standard InChI is InChI=1S/C25H23N3O2S2/c1-15-5-8-18(9-6-15)24(30)26-19-10-11-20-22(13-19)32-25(28-20)31-14-23(29)27-21-12-16(2)4-7-17(21)3/h4-13H,14H2,1-3H3,(H,26,30)(H,27,29). The van der Waals surface area contributed by atoms with Crippen molar-refractivity contribution in [3.63, 3.8) is 0 Å². The minimum atomic E-state index is -0.147. The topological polar surface area (TPSA) is 71.1 Å². The first kappa shape index (κ1) is 22.0. The summed E-state index contributed by atoms with van der Waals surface area (Å²) >= 11 is 2.92. The third-order valence-corrected chi connectivity index (χ3v) is 7.10. The summed E-state index contributed by atoms with van der Waals surface area (Å²) in [5.74, 6) is 0.0742. The van der Waals surface area contributed by atoms with Gasteiger partial charge in [0.1, 0.15) is 0 Å². The Bertz CT molecular complexity index is 1300. The molecule has 0 atom stereocenters. The molecule has 0 unspecified atom stereocenters. The quantitative estimate of drug-likeness (QED) is 0.335. The SMILES string of the molecule is Cc1ccc(C(=O)Nc2ccc3nc(SCC(=O)Nc4cc(C)ccc4C)sc3c2)cc1. The molecule has 162 valence electrons. The van der Waals surface area contributed by atoms with Crippen LogP contribution in [0, 0.1) is 20.8 Å². The van der Waals surface area contributed by atoms with Crippen LogP contribution in [0.25, 0.3) is 10.2 Å². The van der Waals surface area contributed by atoms with Gasteiger partial charge in [0.25, 0.3) is 5.91 Å². The highest BCUT2D eigenvalue weighted by Crippen LogP contribution is 2.31. The number of hydrogen-bond acceptors (Lipinski definition) is 5. The Hall–Kier alpha value is -3.16. The number of nitrogens with zero attached hydrogens (tertiary/aromatic N) is 1. The van der Waals surface area contributed by atoms with Crippen LogP contribution in [0.1, 0.15) is 27.0 Å². The van der Waals surface area contributed by atoms with E-state index >= 15 is 0 Å². The van der Waals surface area contributed by atoms with E-state index in [1.165, 1.54) is 23.1 Å². The number of hydrogen-bond donors (Lipinski definition) is 2. The fourth-order valence-electron chi connectivity index (χ4n) is 3.14. The summed E-state index contributed by atoms with van der Waals surface area (Å²) in [4.78, 5) is 29.5. The Labute approximate surface area is 195 Å². The van der Waals surface area contributed by atoms with Gasteiger partial charge in [-0.2, -0.15) is 0 Å². The fraction of sp³-hybridized carbons (Fsp3) is 0.160. The van der Waals surface area contributed by atoms with Crippen LogP contribution in [0.2, 0.25) is 0 Å². The molecule has 5 nitrogen and oxygen atoms in total. The summed E-state index contributed by atoms with van der Waals surface area (Å²) in [7, 11) is 0. The van der Waals surface area contributed by atoms with Crippen molar-refractivity contribution in [2.45, 2.75) is 25.1 Å². The molecule has 0 aliphatic heterocycles. The molecule has 32 heavy (non-hydrogen) atoms. The number of anilines is 2. The van der Waals surface area contributed by atoms with Crippen LogP contribution < -0.4 is 10.6 Å². The van der Waals surface area contributed by atoms with Crippen LogP contribution in [0.4, 0.5) is 11.4 Å². The van der Waals surface area contributed by atoms with Crippen LogP contribution >= 0.6 is 23.1 Å². The molecule has 4 rings (SSSR count). The van der Waals surface area contributed by atoms with Crippen molar-refractivity contribution < 1.29 is 9.59 Å². The summed E-state index contributed by atoms with van der Waals surface area (Å²) in [5, 5.41) is 5.91. The average Bonchev–Trinajstić information content (AvgIpc) is 3.17. The molecule has 4 aromatic rings. The van der Waals surface area contributed by atoms with Crippen molar-refractivity contribution in [3.05, 3.63) is 82.9 Å². The molecule has 0 spiro atoms. The summed E-state index contributed by atoms with van der Waals surface area (Å²) in [6.07, 6.45) is 0. The molecule has 0 saturated carbocycles. The van der Waals surface area contributed by atoms with E-state index < -0.39 is 0 Å². The molecule has 0 radical (unpaired) electrons. The maximum absolute atomic E-state index is 12.5. The minimum absolute atomic E-state index is 0.0611. The lowest BCUT2D eigenvalue weighted by Crippen LogP contribution is -2.14. The first-order valence-corrected chi connectivity index (χ1v) is 12.0. The molecule has 1 aromatic heterocycles. The van der Waals surface area contributed by atoms with Crippen LogP contribution in [0.3, 0.4) is 0 Å². The number of thioether (sulfide) groups is 1. The number of amides is 2. The number of fused-ring (bicyclic) bond motifs is 1. The monoisotopic (exact) mass is 461 g/mol. The van der Waals surface area contributed by atoms with Gasteiger partial charge in [-0.25, -0.2) is 4.98 Å². The van der Waals surface area contributed by atoms with E-state index in [9.17, 15) is 9.59 Å². The third kappa shape index (κ3) is 5.36. The molecule has 0 saturated heterocycles. The van der Waals surface area contributed by atoms with Gasteiger partial charge in [-0.05, 0) is 68.3 Å². The number of nitrogens with one attached hydrogen (secondary N) is 2. The van der Waals surface area contributed by atoms with Gasteiger partial charge in [0.15, 0.2) is 4.34 Å². The Morgan fingerprint density at radius 2 is 1.66 bits per heavy atom. The Morgan fingerprint density at radius 1 is 0.906 bits per heavy atom. The van der Waals surface area contributed by atoms with E-state index in [0.717, 1.165) is 42.6 Å². The molecule has 0 fully saturated rings. The molecule has 7 heteroatoms. The van der Waals surface area contributed by atoms with Gasteiger partial charge in [-0.3, -0.25) is 9.59 Å². The van der Waals surface area contributed by atoms with Gasteiger partial charge in [0, 0.05) is 16.9 Å². The maximum atomic E-state index is 12.5. The third-order valence-electron chi connectivity index (χ3n) is 4.93. The van der Waals surface area contributed by atoms with Crippen LogP contribution in [-0.2, 0) is 4.79 Å². The maximum Gasteiger partial charge on any atom is 0.255 e. The van der Waals surface area contributed by atoms with Crippen LogP contribution in [0.15, 0.2) is 65.0 Å². The zero-order valence-corrected chi connectivity index (χ0v) is 19.7. The number of carbonyl (C=O) groups excluding carboxylic acids is 2. The molecule has 0 aliphatic rings. The Balaban J connectivity index is 1.39. The zero-order chi connectivity index (χ0) is 22.7. The predicted molar refractivity (Wildman–Crippen MR) is 134 cm³/mol. The summed E-state index contributed by atoms with van der Waals surface area (Å²) in [5.41, 5.74) is 6.28. The highest BCUT2D eigenvalue weighted by molar-refractivity contribution is 8.01. The highest BCUT2D eigenvalue weighted by Gasteiger charge is 2.11. The van der Waals surface area contributed by atoms with E-state index in [0.29, 0.717) is 5.56 Å². The van der Waals surface area contributed by atoms with Gasteiger partial charge in [0.05, 0.1) is 16.0 Å². The smallest absolute Gasteiger partial charge is 0.255 e. The predicted octanol–water partition coefficient (Wildman–Crippen LogP) is 6.20. The van der Waals surface area contributed by atoms with Gasteiger partial charge in [-0.1, -0.05) is 41.6 Å². The summed E-state index contributed by atoms with van der Waals surface area (Å²) < 4.78 is 1.78. The van der Waals surface area contributed by atoms with Gasteiger partial charge in [-0.15, -0.1) is 11.3 Å². The second-order valence-corrected chi connectivity index (χ2v) is 9.89. The lowest BCUT2D eigenvalue weighted by atomic mass is 10.1. The molecular weight excluding hydrogens is 438 g/mol. The molecule has 1 heterocycles. The number of aryl methyl sites for hydroxylation is 3. The fourth-order valence-corrected chi connectivity index (χ4v) is 5.04. The number of carbonyl (C=O) groups is 2. The molecule has 2 N–H and O–H groups in total. The second kappa shape index (κ2) is 9.54.